The summed E-state index contributed by atoms with van der Waals surface area (Å²) >= 11 is 0. The highest BCUT2D eigenvalue weighted by Gasteiger charge is 2.25. The number of carbonyl (C=O) groups excluding carboxylic acids is 1. The second-order valence-electron chi connectivity index (χ2n) is 7.80. The van der Waals surface area contributed by atoms with Crippen molar-refractivity contribution < 1.29 is 9.53 Å². The molecule has 0 atom stereocenters. The van der Waals surface area contributed by atoms with Crippen molar-refractivity contribution in [3.63, 3.8) is 0 Å². The van der Waals surface area contributed by atoms with Crippen LogP contribution in [0, 0.1) is 11.8 Å². The van der Waals surface area contributed by atoms with E-state index in [0.717, 1.165) is 70.3 Å². The van der Waals surface area contributed by atoms with Crippen LogP contribution in [0.5, 0.6) is 0 Å². The Bertz CT molecular complexity index is 360. The fourth-order valence-corrected chi connectivity index (χ4v) is 4.38. The van der Waals surface area contributed by atoms with Crippen molar-refractivity contribution in [3.8, 4) is 0 Å². The van der Waals surface area contributed by atoms with Crippen molar-refractivity contribution in [1.29, 1.82) is 0 Å². The molecule has 1 aliphatic carbocycles. The predicted octanol–water partition coefficient (Wildman–Crippen LogP) is 3.39. The average Bonchev–Trinajstić information content (AvgIpc) is 3.13. The molecular weight excluding hydrogens is 324 g/mol. The largest absolute Gasteiger partial charge is 0.378 e. The average molecular weight is 359 g/mol. The zero-order valence-electron chi connectivity index (χ0n) is 15.0. The molecule has 2 heterocycles. The molecule has 0 aromatic heterocycles. The Labute approximate surface area is 153 Å². The molecule has 0 aromatic rings. The topological polar surface area (TPSA) is 41.6 Å². The lowest BCUT2D eigenvalue weighted by atomic mass is 9.93. The van der Waals surface area contributed by atoms with E-state index in [4.69, 9.17) is 4.74 Å². The standard InChI is InChI=1S/C19H34N2O2.ClH/c22-19(6-5-16-7-11-20-12-8-16)21-13-9-18(10-14-21)23-15-17-3-1-2-4-17;/h16-18,20H,1-15H2;1H. The molecule has 24 heavy (non-hydrogen) atoms. The number of nitrogens with zero attached hydrogens (tertiary/aromatic N) is 1. The molecule has 0 bridgehead atoms. The molecule has 1 saturated carbocycles. The molecule has 3 rings (SSSR count). The molecule has 140 valence electrons. The van der Waals surface area contributed by atoms with Gasteiger partial charge < -0.3 is 15.0 Å². The van der Waals surface area contributed by atoms with Gasteiger partial charge in [-0.2, -0.15) is 0 Å². The number of nitrogens with one attached hydrogen (secondary N) is 1. The zero-order valence-corrected chi connectivity index (χ0v) is 15.8. The molecule has 0 aromatic carbocycles. The van der Waals surface area contributed by atoms with Crippen LogP contribution in [-0.2, 0) is 9.53 Å². The summed E-state index contributed by atoms with van der Waals surface area (Å²) in [6, 6.07) is 0. The maximum absolute atomic E-state index is 12.4. The Hall–Kier alpha value is -0.320. The number of amides is 1. The van der Waals surface area contributed by atoms with Gasteiger partial charge in [0.05, 0.1) is 6.10 Å². The fourth-order valence-electron chi connectivity index (χ4n) is 4.38. The molecule has 0 unspecified atom stereocenters. The number of likely N-dealkylation sites (tertiary alicyclic amines) is 1. The van der Waals surface area contributed by atoms with E-state index < -0.39 is 0 Å². The van der Waals surface area contributed by atoms with E-state index in [9.17, 15) is 4.79 Å². The minimum absolute atomic E-state index is 0. The minimum atomic E-state index is 0. The van der Waals surface area contributed by atoms with Crippen molar-refractivity contribution in [2.75, 3.05) is 32.8 Å². The summed E-state index contributed by atoms with van der Waals surface area (Å²) in [5.74, 6) is 1.94. The van der Waals surface area contributed by atoms with E-state index in [-0.39, 0.29) is 12.4 Å². The highest BCUT2D eigenvalue weighted by atomic mass is 35.5. The Morgan fingerprint density at radius 2 is 1.62 bits per heavy atom. The Morgan fingerprint density at radius 3 is 2.29 bits per heavy atom. The third kappa shape index (κ3) is 6.20. The second-order valence-corrected chi connectivity index (χ2v) is 7.80. The zero-order chi connectivity index (χ0) is 15.9. The van der Waals surface area contributed by atoms with E-state index in [1.165, 1.54) is 38.5 Å². The van der Waals surface area contributed by atoms with Gasteiger partial charge in [0, 0.05) is 26.1 Å². The van der Waals surface area contributed by atoms with Gasteiger partial charge >= 0.3 is 0 Å². The van der Waals surface area contributed by atoms with Crippen LogP contribution in [0.1, 0.15) is 64.2 Å². The maximum Gasteiger partial charge on any atom is 0.222 e. The van der Waals surface area contributed by atoms with Crippen molar-refractivity contribution in [3.05, 3.63) is 0 Å². The first-order valence-electron chi connectivity index (χ1n) is 9.91. The van der Waals surface area contributed by atoms with Crippen LogP contribution >= 0.6 is 12.4 Å². The van der Waals surface area contributed by atoms with Gasteiger partial charge in [-0.1, -0.05) is 12.8 Å². The molecule has 0 radical (unpaired) electrons. The van der Waals surface area contributed by atoms with Crippen molar-refractivity contribution in [2.45, 2.75) is 70.3 Å². The van der Waals surface area contributed by atoms with Crippen LogP contribution in [0.25, 0.3) is 0 Å². The fraction of sp³-hybridized carbons (Fsp3) is 0.947. The molecular formula is C19H35ClN2O2. The Morgan fingerprint density at radius 1 is 0.958 bits per heavy atom. The van der Waals surface area contributed by atoms with Gasteiger partial charge in [0.25, 0.3) is 0 Å². The number of carbonyl (C=O) groups is 1. The molecule has 2 aliphatic heterocycles. The van der Waals surface area contributed by atoms with Gasteiger partial charge in [0.1, 0.15) is 0 Å². The molecule has 5 heteroatoms. The summed E-state index contributed by atoms with van der Waals surface area (Å²) in [6.07, 6.45) is 12.3. The first-order valence-corrected chi connectivity index (χ1v) is 9.91. The Kier molecular flexibility index (Phi) is 8.85. The number of hydrogen-bond donors (Lipinski definition) is 1. The highest BCUT2D eigenvalue weighted by molar-refractivity contribution is 5.85. The van der Waals surface area contributed by atoms with E-state index in [0.29, 0.717) is 12.0 Å². The summed E-state index contributed by atoms with van der Waals surface area (Å²) in [6.45, 7) is 5.01. The second kappa shape index (κ2) is 10.6. The van der Waals surface area contributed by atoms with Crippen molar-refractivity contribution >= 4 is 18.3 Å². The molecule has 4 nitrogen and oxygen atoms in total. The van der Waals surface area contributed by atoms with Gasteiger partial charge in [-0.3, -0.25) is 4.79 Å². The van der Waals surface area contributed by atoms with Gasteiger partial charge in [0.15, 0.2) is 0 Å². The lowest BCUT2D eigenvalue weighted by Crippen LogP contribution is -2.41. The third-order valence-electron chi connectivity index (χ3n) is 6.06. The SMILES string of the molecule is Cl.O=C(CCC1CCNCC1)N1CCC(OCC2CCCC2)CC1. The lowest BCUT2D eigenvalue weighted by molar-refractivity contribution is -0.134. The van der Waals surface area contributed by atoms with Crippen molar-refractivity contribution in [1.82, 2.24) is 10.2 Å². The van der Waals surface area contributed by atoms with E-state index in [2.05, 4.69) is 10.2 Å². The number of ether oxygens (including phenoxy) is 1. The smallest absolute Gasteiger partial charge is 0.222 e. The first kappa shape index (κ1) is 20.0. The van der Waals surface area contributed by atoms with Crippen LogP contribution in [0.4, 0.5) is 0 Å². The van der Waals surface area contributed by atoms with E-state index >= 15 is 0 Å². The molecule has 1 N–H and O–H groups in total. The van der Waals surface area contributed by atoms with Gasteiger partial charge in [-0.15, -0.1) is 12.4 Å². The van der Waals surface area contributed by atoms with Gasteiger partial charge in [-0.25, -0.2) is 0 Å². The van der Waals surface area contributed by atoms with Crippen LogP contribution in [-0.4, -0.2) is 49.7 Å². The number of rotatable bonds is 6. The number of piperidine rings is 2. The molecule has 3 fully saturated rings. The summed E-state index contributed by atoms with van der Waals surface area (Å²) in [5.41, 5.74) is 0. The monoisotopic (exact) mass is 358 g/mol. The number of halogens is 1. The normalized spacial score (nSPS) is 24.1. The van der Waals surface area contributed by atoms with Crippen LogP contribution in [0.3, 0.4) is 0 Å². The summed E-state index contributed by atoms with van der Waals surface area (Å²) < 4.78 is 6.11. The minimum Gasteiger partial charge on any atom is -0.378 e. The third-order valence-corrected chi connectivity index (χ3v) is 6.06. The first-order chi connectivity index (χ1) is 11.3. The predicted molar refractivity (Wildman–Crippen MR) is 99.6 cm³/mol. The van der Waals surface area contributed by atoms with Gasteiger partial charge in [-0.05, 0) is 69.9 Å². The van der Waals surface area contributed by atoms with Gasteiger partial charge in [0.2, 0.25) is 5.91 Å². The van der Waals surface area contributed by atoms with Crippen LogP contribution < -0.4 is 5.32 Å². The van der Waals surface area contributed by atoms with Crippen molar-refractivity contribution in [2.24, 2.45) is 11.8 Å². The number of hydrogen-bond acceptors (Lipinski definition) is 3. The quantitative estimate of drug-likeness (QED) is 0.791. The van der Waals surface area contributed by atoms with Crippen LogP contribution in [0.15, 0.2) is 0 Å². The van der Waals surface area contributed by atoms with E-state index in [1.807, 2.05) is 0 Å². The molecule has 2 saturated heterocycles. The summed E-state index contributed by atoms with van der Waals surface area (Å²) in [5, 5.41) is 3.39. The lowest BCUT2D eigenvalue weighted by Gasteiger charge is -2.33. The molecule has 1 amide bonds. The summed E-state index contributed by atoms with van der Waals surface area (Å²) in [4.78, 5) is 14.5. The molecule has 3 aliphatic rings. The van der Waals surface area contributed by atoms with E-state index in [1.54, 1.807) is 0 Å². The van der Waals surface area contributed by atoms with Crippen LogP contribution in [0.2, 0.25) is 0 Å². The Balaban J connectivity index is 0.00000208. The molecule has 0 spiro atoms. The highest BCUT2D eigenvalue weighted by Crippen LogP contribution is 2.26. The summed E-state index contributed by atoms with van der Waals surface area (Å²) in [7, 11) is 0. The maximum atomic E-state index is 12.4.